The number of piperidine rings is 3. The van der Waals surface area contributed by atoms with Crippen molar-refractivity contribution < 1.29 is 13.2 Å². The van der Waals surface area contributed by atoms with Crippen LogP contribution in [0.4, 0.5) is 13.2 Å². The van der Waals surface area contributed by atoms with E-state index in [1.165, 1.54) is 28.8 Å². The smallest absolute Gasteiger partial charge is 0.316 e. The van der Waals surface area contributed by atoms with Gasteiger partial charge in [-0.25, -0.2) is 19.7 Å². The Hall–Kier alpha value is -3.91. The molecule has 0 amide bonds. The van der Waals surface area contributed by atoms with Crippen LogP contribution in [-0.2, 0) is 25.8 Å². The molecule has 0 bridgehead atoms. The summed E-state index contributed by atoms with van der Waals surface area (Å²) in [4.78, 5) is 18.4. The van der Waals surface area contributed by atoms with Gasteiger partial charge in [0, 0.05) is 40.9 Å². The zero-order valence-corrected chi connectivity index (χ0v) is 42.6. The Balaban J connectivity index is 0.000000217. The van der Waals surface area contributed by atoms with Gasteiger partial charge in [-0.05, 0) is 141 Å². The standard InChI is InChI=1S/C19H25F3N2.C19H28N2.C18H25ClN2/c1-17(2,3)18(14-23-4)8-10-24(11-9-18)13-15-6-5-7-16(12-15)19(20,21)22;1-16-8-6-7-9-17(16)14-21-12-10-19(11-13-21,15-20-5)18(2,3)4;1-17(2,3)18(14-20-4)9-11-21(12-10-18)13-15-5-7-16(19)8-6-15/h5-7,12H,8-11,13-14H2,1-3H3;6-9H,10-15H2,1-4H3;5-8H,9-14H2,1-3H3. The van der Waals surface area contributed by atoms with Crippen LogP contribution in [0.3, 0.4) is 0 Å². The van der Waals surface area contributed by atoms with Crippen molar-refractivity contribution in [2.45, 2.75) is 134 Å². The minimum absolute atomic E-state index is 0.000925. The van der Waals surface area contributed by atoms with Crippen molar-refractivity contribution in [2.24, 2.45) is 32.5 Å². The number of rotatable bonds is 9. The summed E-state index contributed by atoms with van der Waals surface area (Å²) in [6.45, 7) is 54.8. The molecule has 3 saturated heterocycles. The summed E-state index contributed by atoms with van der Waals surface area (Å²) in [5.41, 5.74) is 5.06. The van der Waals surface area contributed by atoms with E-state index in [1.54, 1.807) is 6.07 Å². The second-order valence-electron chi connectivity index (χ2n) is 22.6. The van der Waals surface area contributed by atoms with Crippen LogP contribution >= 0.6 is 11.6 Å². The fourth-order valence-electron chi connectivity index (χ4n) is 10.3. The Labute approximate surface area is 402 Å². The fraction of sp³-hybridized carbons (Fsp3) is 0.625. The number of alkyl halides is 3. The Bertz CT molecular complexity index is 2100. The van der Waals surface area contributed by atoms with Crippen LogP contribution in [0.1, 0.15) is 129 Å². The molecule has 0 unspecified atom stereocenters. The third-order valence-corrected chi connectivity index (χ3v) is 16.2. The zero-order chi connectivity index (χ0) is 49.0. The number of hydrogen-bond donors (Lipinski definition) is 0. The molecule has 3 fully saturated rings. The van der Waals surface area contributed by atoms with Gasteiger partial charge in [-0.15, -0.1) is 0 Å². The second-order valence-corrected chi connectivity index (χ2v) is 23.1. The van der Waals surface area contributed by atoms with Crippen LogP contribution in [0.2, 0.25) is 5.02 Å². The van der Waals surface area contributed by atoms with Gasteiger partial charge in [0.15, 0.2) is 0 Å². The van der Waals surface area contributed by atoms with E-state index in [1.807, 2.05) is 12.1 Å². The number of nitrogens with zero attached hydrogens (tertiary/aromatic N) is 6. The minimum Gasteiger partial charge on any atom is -0.316 e. The van der Waals surface area contributed by atoms with Crippen molar-refractivity contribution in [2.75, 3.05) is 58.9 Å². The Kier molecular flexibility index (Phi) is 19.0. The normalized spacial score (nSPS) is 19.1. The Morgan fingerprint density at radius 3 is 1.26 bits per heavy atom. The van der Waals surface area contributed by atoms with Crippen molar-refractivity contribution in [3.05, 3.63) is 140 Å². The largest absolute Gasteiger partial charge is 0.416 e. The van der Waals surface area contributed by atoms with Crippen molar-refractivity contribution >= 4 is 11.6 Å². The molecule has 0 aliphatic carbocycles. The second kappa shape index (κ2) is 22.9. The van der Waals surface area contributed by atoms with E-state index < -0.39 is 11.7 Å². The maximum atomic E-state index is 12.8. The van der Waals surface area contributed by atoms with Gasteiger partial charge in [-0.2, -0.15) is 13.2 Å². The first-order valence-electron chi connectivity index (χ1n) is 23.9. The molecule has 0 radical (unpaired) electrons. The highest BCUT2D eigenvalue weighted by molar-refractivity contribution is 6.30. The molecule has 0 atom stereocenters. The predicted octanol–water partition coefficient (Wildman–Crippen LogP) is 14.7. The maximum absolute atomic E-state index is 12.8. The molecule has 360 valence electrons. The molecule has 10 heteroatoms. The van der Waals surface area contributed by atoms with Crippen LogP contribution < -0.4 is 0 Å². The van der Waals surface area contributed by atoms with E-state index in [4.69, 9.17) is 31.3 Å². The molecular weight excluding hydrogens is 849 g/mol. The molecule has 3 aromatic rings. The summed E-state index contributed by atoms with van der Waals surface area (Å²) in [5.74, 6) is 0. The van der Waals surface area contributed by atoms with Gasteiger partial charge in [0.2, 0.25) is 19.6 Å². The number of aryl methyl sites for hydroxylation is 1. The summed E-state index contributed by atoms with van der Waals surface area (Å²) in [6, 6.07) is 22.4. The van der Waals surface area contributed by atoms with E-state index >= 15 is 0 Å². The van der Waals surface area contributed by atoms with Gasteiger partial charge in [-0.3, -0.25) is 14.7 Å². The van der Waals surface area contributed by atoms with Gasteiger partial charge in [-0.1, -0.05) is 129 Å². The molecule has 3 aromatic carbocycles. The highest BCUT2D eigenvalue weighted by Crippen LogP contribution is 2.49. The topological polar surface area (TPSA) is 22.8 Å². The van der Waals surface area contributed by atoms with E-state index in [0.717, 1.165) is 102 Å². The van der Waals surface area contributed by atoms with Gasteiger partial charge < -0.3 is 14.5 Å². The Morgan fingerprint density at radius 1 is 0.515 bits per heavy atom. The van der Waals surface area contributed by atoms with Crippen molar-refractivity contribution in [1.29, 1.82) is 0 Å². The lowest BCUT2D eigenvalue weighted by atomic mass is 9.61. The SMILES string of the molecule is [C-]#[N+]CC1(C(C)(C)C)CCN(Cc2ccc(Cl)cc2)CC1.[C-]#[N+]CC1(C(C)(C)C)CCN(Cc2cccc(C(F)(F)F)c2)CC1.[C-]#[N+]CC1(C(C)(C)C)CCN(Cc2ccccc2C)CC1. The van der Waals surface area contributed by atoms with Gasteiger partial charge in [0.05, 0.1) is 5.56 Å². The third-order valence-electron chi connectivity index (χ3n) is 16.0. The van der Waals surface area contributed by atoms with Crippen LogP contribution in [0.15, 0.2) is 72.8 Å². The van der Waals surface area contributed by atoms with Crippen LogP contribution in [0.5, 0.6) is 0 Å². The molecule has 6 nitrogen and oxygen atoms in total. The molecular formula is C56H78ClF3N6. The molecule has 0 N–H and O–H groups in total. The summed E-state index contributed by atoms with van der Waals surface area (Å²) in [6.07, 6.45) is 2.05. The summed E-state index contributed by atoms with van der Waals surface area (Å²) in [5, 5.41) is 0.793. The lowest BCUT2D eigenvalue weighted by molar-refractivity contribution is -0.137. The molecule has 66 heavy (non-hydrogen) atoms. The summed E-state index contributed by atoms with van der Waals surface area (Å²) >= 11 is 5.93. The first-order chi connectivity index (χ1) is 30.8. The highest BCUT2D eigenvalue weighted by Gasteiger charge is 2.49. The van der Waals surface area contributed by atoms with E-state index in [9.17, 15) is 13.2 Å². The lowest BCUT2D eigenvalue weighted by Crippen LogP contribution is -2.48. The van der Waals surface area contributed by atoms with E-state index in [-0.39, 0.29) is 32.5 Å². The van der Waals surface area contributed by atoms with Crippen molar-refractivity contribution in [3.63, 3.8) is 0 Å². The molecule has 0 aromatic heterocycles. The summed E-state index contributed by atoms with van der Waals surface area (Å²) < 4.78 is 38.5. The predicted molar refractivity (Wildman–Crippen MR) is 268 cm³/mol. The molecule has 6 rings (SSSR count). The lowest BCUT2D eigenvalue weighted by Gasteiger charge is -2.46. The van der Waals surface area contributed by atoms with Gasteiger partial charge in [0.25, 0.3) is 0 Å². The fourth-order valence-corrected chi connectivity index (χ4v) is 10.4. The molecule has 3 heterocycles. The first kappa shape index (κ1) is 54.7. The molecule has 0 spiro atoms. The van der Waals surface area contributed by atoms with Crippen LogP contribution in [0.25, 0.3) is 14.5 Å². The number of benzene rings is 3. The third kappa shape index (κ3) is 14.5. The van der Waals surface area contributed by atoms with Crippen molar-refractivity contribution in [3.8, 4) is 0 Å². The molecule has 3 aliphatic heterocycles. The minimum atomic E-state index is -4.30. The van der Waals surface area contributed by atoms with Crippen LogP contribution in [-0.4, -0.2) is 73.6 Å². The average Bonchev–Trinajstić information content (AvgIpc) is 3.24. The van der Waals surface area contributed by atoms with Crippen LogP contribution in [0, 0.1) is 59.1 Å². The Morgan fingerprint density at radius 2 is 0.894 bits per heavy atom. The monoisotopic (exact) mass is 927 g/mol. The molecule has 0 saturated carbocycles. The zero-order valence-electron chi connectivity index (χ0n) is 41.9. The quantitative estimate of drug-likeness (QED) is 0.200. The summed E-state index contributed by atoms with van der Waals surface area (Å²) in [7, 11) is 0. The number of likely N-dealkylation sites (tertiary alicyclic amines) is 3. The van der Waals surface area contributed by atoms with Gasteiger partial charge in [0.1, 0.15) is 0 Å². The number of halogens is 4. The maximum Gasteiger partial charge on any atom is 0.416 e. The molecule has 3 aliphatic rings. The van der Waals surface area contributed by atoms with E-state index in [2.05, 4.69) is 135 Å². The average molecular weight is 928 g/mol. The first-order valence-corrected chi connectivity index (χ1v) is 24.3. The van der Waals surface area contributed by atoms with Crippen molar-refractivity contribution in [1.82, 2.24) is 14.7 Å². The number of hydrogen-bond acceptors (Lipinski definition) is 3. The van der Waals surface area contributed by atoms with E-state index in [0.29, 0.717) is 31.7 Å². The highest BCUT2D eigenvalue weighted by atomic mass is 35.5. The van der Waals surface area contributed by atoms with Gasteiger partial charge >= 0.3 is 6.18 Å².